The molecule has 2 saturated heterocycles. The van der Waals surface area contributed by atoms with E-state index in [0.29, 0.717) is 44.2 Å². The van der Waals surface area contributed by atoms with Crippen LogP contribution < -0.4 is 32.7 Å². The number of anilines is 2. The number of aliphatic hydroxyl groups is 7. The van der Waals surface area contributed by atoms with Crippen LogP contribution in [0.1, 0.15) is 180 Å². The van der Waals surface area contributed by atoms with Crippen LogP contribution in [0.2, 0.25) is 0 Å². The van der Waals surface area contributed by atoms with Crippen molar-refractivity contribution in [2.45, 2.75) is 273 Å². The molecule has 5 fully saturated rings. The highest BCUT2D eigenvalue weighted by Crippen LogP contribution is 2.60. The zero-order valence-corrected chi connectivity index (χ0v) is 57.4. The lowest BCUT2D eigenvalue weighted by Crippen LogP contribution is -2.67. The molecule has 97 heavy (non-hydrogen) atoms. The highest BCUT2D eigenvalue weighted by atomic mass is 16.7. The highest BCUT2D eigenvalue weighted by Gasteiger charge is 2.60. The summed E-state index contributed by atoms with van der Waals surface area (Å²) in [5.41, 5.74) is 16.6. The molecule has 3 heterocycles. The summed E-state index contributed by atoms with van der Waals surface area (Å²) in [6, 6.07) is 9.20. The van der Waals surface area contributed by atoms with Crippen molar-refractivity contribution in [3.8, 4) is 0 Å². The van der Waals surface area contributed by atoms with Crippen LogP contribution >= 0.6 is 0 Å². The number of imide groups is 1. The molecule has 538 valence electrons. The number of rotatable bonds is 23. The number of Topliss-reactive ketones (excluding diaryl/α,β-unsaturated/α-hetero) is 1. The van der Waals surface area contributed by atoms with E-state index in [9.17, 15) is 64.5 Å². The molecule has 26 heteroatoms. The Labute approximate surface area is 568 Å². The summed E-state index contributed by atoms with van der Waals surface area (Å²) in [6.07, 6.45) is -3.70. The van der Waals surface area contributed by atoms with Gasteiger partial charge >= 0.3 is 0 Å². The number of ether oxygens (including phenoxy) is 4. The zero-order chi connectivity index (χ0) is 70.1. The second kappa shape index (κ2) is 30.7. The number of nitrogens with zero attached hydrogens (tertiary/aromatic N) is 3. The quantitative estimate of drug-likeness (QED) is 0.0431. The minimum atomic E-state index is -1.81. The fraction of sp³-hybridized carbons (Fsp3) is 0.746. The number of carbonyl (C=O) groups excluding carboxylic acids is 6. The number of nitrogens with two attached hydrogens (primary N) is 2. The van der Waals surface area contributed by atoms with Crippen LogP contribution in [0.4, 0.5) is 11.4 Å². The van der Waals surface area contributed by atoms with Crippen LogP contribution in [-0.4, -0.2) is 194 Å². The van der Waals surface area contributed by atoms with Crippen LogP contribution in [-0.2, 0) is 71.4 Å². The third-order valence-corrected chi connectivity index (χ3v) is 23.7. The van der Waals surface area contributed by atoms with Gasteiger partial charge in [0.25, 0.3) is 0 Å². The third kappa shape index (κ3) is 15.1. The standard InChI is InChI=1S/C71H107N9O17/c1-37(2)54(76-63(91)45(73)15-11-12-30-74-53(84)36-94-48-17-10-8-9-16-46-55(48)78-79-80(46)64-59(88)58(87)61(50(35-82)95-64)97-65-60(89)57(86)56(85)49(34-81)96-65)47(83)31-38(3)62(90)75-42-23-19-40-21-25-52-69(5,44(40)33-42)27-14-29-71(52,7)67(93)77-66(92)70(6)28-13-26-68(4)43-32-41(72)22-18-39(43)20-24-51(68)70/h18-19,22-23,32-33,37-38,45-46,48-52,54-61,64-65,81-82,85-89H,8-17,20-21,24-31,34-36,72-73H2,1-7H3,(H,74,84)(H,75,90)(H,76,91)(H,77,92,93)/t38-,45-,46?,48?,49-,50-,51-,52-,54+,55?,56-,57+,58-,59-,60-,61-,64+,65-,68-,69-,70+,71+/m1/s1. The average Bonchev–Trinajstić information content (AvgIpc) is 1.12. The van der Waals surface area contributed by atoms with Crippen molar-refractivity contribution >= 4 is 46.7 Å². The minimum absolute atomic E-state index is 0.0560. The van der Waals surface area contributed by atoms with Crippen LogP contribution in [0.3, 0.4) is 0 Å². The molecule has 15 N–H and O–H groups in total. The second-order valence-corrected chi connectivity index (χ2v) is 30.5. The number of nitrogen functional groups attached to an aromatic ring is 1. The molecule has 3 saturated carbocycles. The fourth-order valence-corrected chi connectivity index (χ4v) is 18.0. The van der Waals surface area contributed by atoms with Gasteiger partial charge in [-0.05, 0) is 159 Å². The van der Waals surface area contributed by atoms with Gasteiger partial charge in [0, 0.05) is 30.3 Å². The number of aryl methyl sites for hydroxylation is 2. The lowest BCUT2D eigenvalue weighted by atomic mass is 9.49. The van der Waals surface area contributed by atoms with E-state index in [1.807, 2.05) is 45.0 Å². The van der Waals surface area contributed by atoms with Crippen molar-refractivity contribution in [2.24, 2.45) is 50.6 Å². The SMILES string of the molecule is CC(C)[C@H](NC(=O)[C@H](N)CCCCNC(=O)COC1CCCCCC2C1N=NN2[C@H]1O[C@H](CO)[C@@H](O[C@H]2O[C@H](CO)[C@@H](O)[C@H](O)[C@H]2O)[C@H](O)[C@H]1O)C(=O)C[C@@H](C)C(=O)Nc1ccc2c(c1)[C@@]1(C)CCC[C@](C)(C(=O)NC(=O)[C@@]3(C)CCC[C@]4(C)c5cc(N)ccc5CC[C@@H]34)[C@@H]1CC2. The molecular formula is C71H107N9O17. The number of carbonyl (C=O) groups is 6. The molecule has 22 atom stereocenters. The Balaban J connectivity index is 0.656. The summed E-state index contributed by atoms with van der Waals surface area (Å²) in [5.74, 6) is -3.01. The molecule has 0 bridgehead atoms. The van der Waals surface area contributed by atoms with Gasteiger partial charge in [-0.25, -0.2) is 5.01 Å². The van der Waals surface area contributed by atoms with Crippen LogP contribution in [0.15, 0.2) is 46.7 Å². The topological polar surface area (TPSA) is 409 Å². The van der Waals surface area contributed by atoms with Crippen molar-refractivity contribution in [2.75, 3.05) is 37.4 Å². The molecule has 0 radical (unpaired) electrons. The average molecular weight is 1360 g/mol. The van der Waals surface area contributed by atoms with E-state index in [-0.39, 0.29) is 78.6 Å². The number of amides is 5. The van der Waals surface area contributed by atoms with Gasteiger partial charge in [0.2, 0.25) is 29.5 Å². The molecule has 10 rings (SSSR count). The summed E-state index contributed by atoms with van der Waals surface area (Å²) < 4.78 is 23.4. The molecule has 26 nitrogen and oxygen atoms in total. The maximum atomic E-state index is 14.8. The fourth-order valence-electron chi connectivity index (χ4n) is 18.0. The van der Waals surface area contributed by atoms with Crippen LogP contribution in [0.5, 0.6) is 0 Å². The second-order valence-electron chi connectivity index (χ2n) is 30.5. The summed E-state index contributed by atoms with van der Waals surface area (Å²) in [7, 11) is 0. The van der Waals surface area contributed by atoms with Crippen LogP contribution in [0.25, 0.3) is 0 Å². The number of nitrogens with one attached hydrogen (secondary N) is 4. The largest absolute Gasteiger partial charge is 0.399 e. The number of aliphatic hydroxyl groups excluding tert-OH is 7. The van der Waals surface area contributed by atoms with Crippen molar-refractivity contribution < 1.29 is 83.5 Å². The van der Waals surface area contributed by atoms with E-state index in [0.717, 1.165) is 87.4 Å². The first-order valence-corrected chi connectivity index (χ1v) is 35.5. The first kappa shape index (κ1) is 74.1. The molecule has 0 aromatic heterocycles. The van der Waals surface area contributed by atoms with Gasteiger partial charge in [0.05, 0.1) is 48.3 Å². The first-order chi connectivity index (χ1) is 46.1. The number of hydrogen-bond acceptors (Lipinski definition) is 22. The highest BCUT2D eigenvalue weighted by molar-refractivity contribution is 6.01. The molecule has 2 aromatic carbocycles. The van der Waals surface area contributed by atoms with E-state index in [2.05, 4.69) is 64.5 Å². The maximum Gasteiger partial charge on any atom is 0.246 e. The monoisotopic (exact) mass is 1360 g/mol. The van der Waals surface area contributed by atoms with Crippen molar-refractivity contribution in [3.05, 3.63) is 58.7 Å². The van der Waals surface area contributed by atoms with Crippen molar-refractivity contribution in [1.82, 2.24) is 21.0 Å². The summed E-state index contributed by atoms with van der Waals surface area (Å²) >= 11 is 0. The maximum absolute atomic E-state index is 14.8. The molecule has 3 aliphatic heterocycles. The number of benzene rings is 2. The Morgan fingerprint density at radius 1 is 0.711 bits per heavy atom. The zero-order valence-electron chi connectivity index (χ0n) is 57.4. The molecule has 8 aliphatic rings. The summed E-state index contributed by atoms with van der Waals surface area (Å²) in [5, 5.41) is 95.9. The predicted octanol–water partition coefficient (Wildman–Crippen LogP) is 3.31. The Hall–Kier alpha value is -5.62. The first-order valence-electron chi connectivity index (χ1n) is 35.5. The smallest absolute Gasteiger partial charge is 0.246 e. The lowest BCUT2D eigenvalue weighted by Gasteiger charge is -2.56. The number of hydrogen-bond donors (Lipinski definition) is 13. The van der Waals surface area contributed by atoms with Gasteiger partial charge in [0.15, 0.2) is 18.3 Å². The summed E-state index contributed by atoms with van der Waals surface area (Å²) in [4.78, 5) is 84.1. The number of unbranched alkanes of at least 4 members (excludes halogenated alkanes) is 1. The predicted molar refractivity (Wildman–Crippen MR) is 355 cm³/mol. The Bertz CT molecular complexity index is 3190. The molecular weight excluding hydrogens is 1250 g/mol. The van der Waals surface area contributed by atoms with E-state index in [4.69, 9.17) is 30.4 Å². The lowest BCUT2D eigenvalue weighted by molar-refractivity contribution is -0.350. The Morgan fingerprint density at radius 3 is 1.98 bits per heavy atom. The van der Waals surface area contributed by atoms with Gasteiger partial charge < -0.3 is 82.1 Å². The molecule has 3 unspecified atom stereocenters. The van der Waals surface area contributed by atoms with Gasteiger partial charge in [-0.15, -0.1) is 0 Å². The molecule has 0 spiro atoms. The third-order valence-electron chi connectivity index (χ3n) is 23.7. The van der Waals surface area contributed by atoms with E-state index in [1.165, 1.54) is 16.1 Å². The van der Waals surface area contributed by atoms with Gasteiger partial charge in [0.1, 0.15) is 61.5 Å². The Morgan fingerprint density at radius 2 is 1.34 bits per heavy atom. The van der Waals surface area contributed by atoms with Gasteiger partial charge in [-0.2, -0.15) is 5.11 Å². The van der Waals surface area contributed by atoms with Crippen molar-refractivity contribution in [3.63, 3.8) is 0 Å². The molecule has 2 aromatic rings. The minimum Gasteiger partial charge on any atom is -0.399 e. The van der Waals surface area contributed by atoms with E-state index >= 15 is 0 Å². The van der Waals surface area contributed by atoms with Crippen molar-refractivity contribution in [1.29, 1.82) is 0 Å². The molecule has 5 amide bonds. The van der Waals surface area contributed by atoms with Gasteiger partial charge in [-0.1, -0.05) is 97.9 Å². The van der Waals surface area contributed by atoms with E-state index in [1.54, 1.807) is 6.92 Å². The Kier molecular flexibility index (Phi) is 23.4. The summed E-state index contributed by atoms with van der Waals surface area (Å²) in [6.45, 7) is 12.4. The number of fused-ring (bicyclic) bond motifs is 7. The van der Waals surface area contributed by atoms with Crippen LogP contribution in [0, 0.1) is 34.5 Å². The number of ketones is 1. The molecule has 5 aliphatic carbocycles. The van der Waals surface area contributed by atoms with E-state index < -0.39 is 133 Å². The normalized spacial score (nSPS) is 36.4. The van der Waals surface area contributed by atoms with Gasteiger partial charge in [-0.3, -0.25) is 34.1 Å².